The Morgan fingerprint density at radius 1 is 1.00 bits per heavy atom. The number of alkyl halides is 1. The number of carbonyl (C=O) groups is 1. The van der Waals surface area contributed by atoms with Crippen molar-refractivity contribution in [3.63, 3.8) is 0 Å². The van der Waals surface area contributed by atoms with Gasteiger partial charge in [0.25, 0.3) is 0 Å². The summed E-state index contributed by atoms with van der Waals surface area (Å²) in [7, 11) is 0. The van der Waals surface area contributed by atoms with E-state index in [0.29, 0.717) is 17.8 Å². The molecule has 1 aromatic carbocycles. The van der Waals surface area contributed by atoms with Crippen molar-refractivity contribution in [1.29, 1.82) is 0 Å². The second-order valence-electron chi connectivity index (χ2n) is 8.25. The Balaban J connectivity index is 1.96. The lowest BCUT2D eigenvalue weighted by Gasteiger charge is -2.29. The molecule has 0 saturated heterocycles. The number of aryl methyl sites for hydroxylation is 1. The molecule has 0 spiro atoms. The second-order valence-corrected chi connectivity index (χ2v) is 8.77. The molecule has 2 aromatic rings. The molecule has 5 heteroatoms. The SMILES string of the molecule is CCCCCCCCCc1cnc(-c2ccc(C(C)(C(=O)O)C(Cl)CC)cc2)nc1. The van der Waals surface area contributed by atoms with Gasteiger partial charge in [-0.3, -0.25) is 4.79 Å². The van der Waals surface area contributed by atoms with Crippen molar-refractivity contribution in [3.8, 4) is 11.4 Å². The van der Waals surface area contributed by atoms with Gasteiger partial charge in [0.2, 0.25) is 0 Å². The normalized spacial score (nSPS) is 14.3. The van der Waals surface area contributed by atoms with Crippen molar-refractivity contribution in [3.05, 3.63) is 47.8 Å². The first-order valence-electron chi connectivity index (χ1n) is 11.2. The van der Waals surface area contributed by atoms with E-state index in [0.717, 1.165) is 17.5 Å². The van der Waals surface area contributed by atoms with Crippen LogP contribution in [0.3, 0.4) is 0 Å². The molecular formula is C25H35ClN2O2. The summed E-state index contributed by atoms with van der Waals surface area (Å²) in [6.45, 7) is 5.82. The molecular weight excluding hydrogens is 396 g/mol. The van der Waals surface area contributed by atoms with Crippen LogP contribution in [0.2, 0.25) is 0 Å². The fourth-order valence-corrected chi connectivity index (χ4v) is 3.95. The molecule has 1 heterocycles. The quantitative estimate of drug-likeness (QED) is 0.280. The summed E-state index contributed by atoms with van der Waals surface area (Å²) >= 11 is 6.35. The molecule has 1 aromatic heterocycles. The molecule has 2 atom stereocenters. The largest absolute Gasteiger partial charge is 0.481 e. The molecule has 0 bridgehead atoms. The molecule has 1 N–H and O–H groups in total. The van der Waals surface area contributed by atoms with Gasteiger partial charge >= 0.3 is 5.97 Å². The molecule has 0 aliphatic heterocycles. The lowest BCUT2D eigenvalue weighted by Crippen LogP contribution is -2.41. The minimum absolute atomic E-state index is 0.483. The van der Waals surface area contributed by atoms with E-state index in [-0.39, 0.29) is 0 Å². The Labute approximate surface area is 186 Å². The number of carboxylic acid groups (broad SMARTS) is 1. The van der Waals surface area contributed by atoms with Gasteiger partial charge in [0.15, 0.2) is 5.82 Å². The summed E-state index contributed by atoms with van der Waals surface area (Å²) in [5.41, 5.74) is 1.60. The van der Waals surface area contributed by atoms with E-state index >= 15 is 0 Å². The lowest BCUT2D eigenvalue weighted by atomic mass is 9.78. The van der Waals surface area contributed by atoms with Crippen molar-refractivity contribution < 1.29 is 9.90 Å². The fourth-order valence-electron chi connectivity index (χ4n) is 3.73. The standard InChI is InChI=1S/C25H35ClN2O2/c1-4-6-7-8-9-10-11-12-19-17-27-23(28-18-19)20-13-15-21(16-14-20)25(3,24(29)30)22(26)5-2/h13-18,22H,4-12H2,1-3H3,(H,29,30). The van der Waals surface area contributed by atoms with Gasteiger partial charge in [0.05, 0.1) is 5.38 Å². The number of hydrogen-bond donors (Lipinski definition) is 1. The third-order valence-corrected chi connectivity index (χ3v) is 6.69. The summed E-state index contributed by atoms with van der Waals surface area (Å²) in [6.07, 6.45) is 14.5. The second kappa shape index (κ2) is 12.0. The first-order chi connectivity index (χ1) is 14.4. The molecule has 2 rings (SSSR count). The van der Waals surface area contributed by atoms with E-state index in [1.54, 1.807) is 6.92 Å². The van der Waals surface area contributed by atoms with E-state index in [9.17, 15) is 9.90 Å². The summed E-state index contributed by atoms with van der Waals surface area (Å²) in [5, 5.41) is 9.25. The number of unbranched alkanes of at least 4 members (excludes halogenated alkanes) is 6. The highest BCUT2D eigenvalue weighted by Crippen LogP contribution is 2.34. The highest BCUT2D eigenvalue weighted by Gasteiger charge is 2.41. The van der Waals surface area contributed by atoms with Crippen molar-refractivity contribution in [2.45, 2.75) is 89.4 Å². The number of aromatic nitrogens is 2. The van der Waals surface area contributed by atoms with Gasteiger partial charge in [-0.2, -0.15) is 0 Å². The van der Waals surface area contributed by atoms with Crippen LogP contribution in [0.25, 0.3) is 11.4 Å². The van der Waals surface area contributed by atoms with Gasteiger partial charge in [-0.25, -0.2) is 9.97 Å². The van der Waals surface area contributed by atoms with Crippen LogP contribution in [0.1, 0.15) is 83.3 Å². The van der Waals surface area contributed by atoms with E-state index in [2.05, 4.69) is 16.9 Å². The van der Waals surface area contributed by atoms with E-state index in [1.807, 2.05) is 43.6 Å². The highest BCUT2D eigenvalue weighted by molar-refractivity contribution is 6.23. The number of halogens is 1. The minimum Gasteiger partial charge on any atom is -0.481 e. The maximum Gasteiger partial charge on any atom is 0.315 e. The van der Waals surface area contributed by atoms with Gasteiger partial charge in [0.1, 0.15) is 5.41 Å². The zero-order valence-corrected chi connectivity index (χ0v) is 19.3. The first kappa shape index (κ1) is 24.3. The Hall–Kier alpha value is -1.94. The van der Waals surface area contributed by atoms with E-state index in [4.69, 9.17) is 11.6 Å². The van der Waals surface area contributed by atoms with Crippen LogP contribution in [0, 0.1) is 0 Å². The van der Waals surface area contributed by atoms with Crippen LogP contribution < -0.4 is 0 Å². The molecule has 0 saturated carbocycles. The Kier molecular flexibility index (Phi) is 9.77. The third kappa shape index (κ3) is 6.28. The van der Waals surface area contributed by atoms with Crippen molar-refractivity contribution in [2.75, 3.05) is 0 Å². The van der Waals surface area contributed by atoms with Crippen molar-refractivity contribution in [2.24, 2.45) is 0 Å². The average molecular weight is 431 g/mol. The summed E-state index contributed by atoms with van der Waals surface area (Å²) in [5.74, 6) is -0.261. The zero-order chi connectivity index (χ0) is 22.0. The number of rotatable bonds is 13. The van der Waals surface area contributed by atoms with Gasteiger partial charge in [-0.15, -0.1) is 11.6 Å². The summed E-state index contributed by atoms with van der Waals surface area (Å²) < 4.78 is 0. The van der Waals surface area contributed by atoms with E-state index < -0.39 is 16.8 Å². The molecule has 164 valence electrons. The molecule has 0 radical (unpaired) electrons. The van der Waals surface area contributed by atoms with Gasteiger partial charge in [-0.05, 0) is 37.3 Å². The lowest BCUT2D eigenvalue weighted by molar-refractivity contribution is -0.143. The molecule has 0 fully saturated rings. The molecule has 0 aliphatic rings. The Bertz CT molecular complexity index is 777. The summed E-state index contributed by atoms with van der Waals surface area (Å²) in [6, 6.07) is 7.40. The Morgan fingerprint density at radius 3 is 2.10 bits per heavy atom. The van der Waals surface area contributed by atoms with Crippen LogP contribution in [0.5, 0.6) is 0 Å². The van der Waals surface area contributed by atoms with Crippen LogP contribution in [0.4, 0.5) is 0 Å². The monoisotopic (exact) mass is 430 g/mol. The van der Waals surface area contributed by atoms with Gasteiger partial charge in [0, 0.05) is 18.0 Å². The number of hydrogen-bond acceptors (Lipinski definition) is 3. The van der Waals surface area contributed by atoms with Gasteiger partial charge < -0.3 is 5.11 Å². The van der Waals surface area contributed by atoms with Crippen LogP contribution >= 0.6 is 11.6 Å². The fraction of sp³-hybridized carbons (Fsp3) is 0.560. The van der Waals surface area contributed by atoms with Gasteiger partial charge in [-0.1, -0.05) is 76.6 Å². The summed E-state index contributed by atoms with van der Waals surface area (Å²) in [4.78, 5) is 20.9. The first-order valence-corrected chi connectivity index (χ1v) is 11.7. The smallest absolute Gasteiger partial charge is 0.315 e. The third-order valence-electron chi connectivity index (χ3n) is 5.95. The van der Waals surface area contributed by atoms with E-state index in [1.165, 1.54) is 44.9 Å². The average Bonchev–Trinajstić information content (AvgIpc) is 2.77. The van der Waals surface area contributed by atoms with Crippen LogP contribution in [0.15, 0.2) is 36.7 Å². The molecule has 0 amide bonds. The van der Waals surface area contributed by atoms with Crippen molar-refractivity contribution >= 4 is 17.6 Å². The molecule has 4 nitrogen and oxygen atoms in total. The maximum absolute atomic E-state index is 11.9. The minimum atomic E-state index is -1.13. The number of carboxylic acids is 1. The highest BCUT2D eigenvalue weighted by atomic mass is 35.5. The number of benzene rings is 1. The predicted molar refractivity (Wildman–Crippen MR) is 124 cm³/mol. The van der Waals surface area contributed by atoms with Crippen molar-refractivity contribution in [1.82, 2.24) is 9.97 Å². The maximum atomic E-state index is 11.9. The number of aliphatic carboxylic acids is 1. The van der Waals surface area contributed by atoms with Crippen LogP contribution in [-0.4, -0.2) is 26.4 Å². The molecule has 30 heavy (non-hydrogen) atoms. The number of nitrogens with zero attached hydrogens (tertiary/aromatic N) is 2. The molecule has 2 unspecified atom stereocenters. The topological polar surface area (TPSA) is 63.1 Å². The van der Waals surface area contributed by atoms with Crippen LogP contribution in [-0.2, 0) is 16.6 Å². The predicted octanol–water partition coefficient (Wildman–Crippen LogP) is 6.80. The zero-order valence-electron chi connectivity index (χ0n) is 18.5. The Morgan fingerprint density at radius 2 is 1.57 bits per heavy atom. The molecule has 0 aliphatic carbocycles.